The number of thiol groups is 1. The van der Waals surface area contributed by atoms with Gasteiger partial charge in [-0.05, 0) is 31.9 Å². The van der Waals surface area contributed by atoms with E-state index in [-0.39, 0.29) is 12.2 Å². The molecule has 220 valence electrons. The van der Waals surface area contributed by atoms with Crippen LogP contribution in [0, 0.1) is 0 Å². The summed E-state index contributed by atoms with van der Waals surface area (Å²) in [6.07, 6.45) is -0.806. The monoisotopic (exact) mass is 580 g/mol. The third kappa shape index (κ3) is 10.1. The number of rotatable bonds is 15. The van der Waals surface area contributed by atoms with Gasteiger partial charge in [0.15, 0.2) is 0 Å². The lowest BCUT2D eigenvalue weighted by atomic mass is 10.0. The molecule has 6 atom stereocenters. The van der Waals surface area contributed by atoms with E-state index in [4.69, 9.17) is 5.73 Å². The summed E-state index contributed by atoms with van der Waals surface area (Å²) < 4.78 is 0. The van der Waals surface area contributed by atoms with Crippen LogP contribution in [0.15, 0.2) is 30.3 Å². The van der Waals surface area contributed by atoms with Crippen molar-refractivity contribution < 1.29 is 39.0 Å². The van der Waals surface area contributed by atoms with Crippen molar-refractivity contribution in [2.45, 2.75) is 68.9 Å². The zero-order valence-corrected chi connectivity index (χ0v) is 22.9. The number of aliphatic carboxylic acids is 1. The lowest BCUT2D eigenvalue weighted by Crippen LogP contribution is -2.61. The van der Waals surface area contributed by atoms with Crippen molar-refractivity contribution in [1.82, 2.24) is 26.6 Å². The van der Waals surface area contributed by atoms with Crippen molar-refractivity contribution >= 4 is 48.1 Å². The quantitative estimate of drug-likeness (QED) is 0.0974. The fourth-order valence-electron chi connectivity index (χ4n) is 4.03. The molecule has 5 amide bonds. The number of primary amides is 1. The molecule has 1 aromatic rings. The number of nitrogens with one attached hydrogen (secondary N) is 5. The summed E-state index contributed by atoms with van der Waals surface area (Å²) in [6, 6.07) is 2.31. The minimum atomic E-state index is -1.60. The van der Waals surface area contributed by atoms with Gasteiger partial charge in [0.05, 0.1) is 18.6 Å². The molecule has 0 aromatic heterocycles. The van der Waals surface area contributed by atoms with Crippen molar-refractivity contribution in [3.63, 3.8) is 0 Å². The molecule has 9 N–H and O–H groups in total. The molecule has 1 aliphatic rings. The highest BCUT2D eigenvalue weighted by Gasteiger charge is 2.34. The van der Waals surface area contributed by atoms with Crippen LogP contribution < -0.4 is 32.3 Å². The van der Waals surface area contributed by atoms with Crippen LogP contribution in [-0.2, 0) is 35.2 Å². The third-order valence-corrected chi connectivity index (χ3v) is 6.56. The van der Waals surface area contributed by atoms with Gasteiger partial charge < -0.3 is 42.5 Å². The van der Waals surface area contributed by atoms with Crippen LogP contribution in [0.1, 0.15) is 31.7 Å². The summed E-state index contributed by atoms with van der Waals surface area (Å²) >= 11 is 4.09. The van der Waals surface area contributed by atoms with E-state index in [2.05, 4.69) is 39.2 Å². The smallest absolute Gasteiger partial charge is 0.326 e. The van der Waals surface area contributed by atoms with E-state index in [1.54, 1.807) is 30.3 Å². The Morgan fingerprint density at radius 1 is 0.975 bits per heavy atom. The van der Waals surface area contributed by atoms with Crippen molar-refractivity contribution in [3.05, 3.63) is 35.9 Å². The van der Waals surface area contributed by atoms with Gasteiger partial charge in [-0.2, -0.15) is 12.6 Å². The highest BCUT2D eigenvalue weighted by Crippen LogP contribution is 2.07. The second kappa shape index (κ2) is 15.8. The molecule has 14 nitrogen and oxygen atoms in total. The lowest BCUT2D eigenvalue weighted by molar-refractivity contribution is -0.142. The number of nitrogens with two attached hydrogens (primary N) is 1. The Labute approximate surface area is 236 Å². The predicted octanol–water partition coefficient (Wildman–Crippen LogP) is -2.81. The Hall–Kier alpha value is -3.69. The number of aliphatic hydroxyl groups excluding tert-OH is 1. The average Bonchev–Trinajstić information content (AvgIpc) is 3.44. The van der Waals surface area contributed by atoms with Gasteiger partial charge in [-0.3, -0.25) is 24.0 Å². The third-order valence-electron chi connectivity index (χ3n) is 6.19. The van der Waals surface area contributed by atoms with Gasteiger partial charge in [-0.1, -0.05) is 30.3 Å². The van der Waals surface area contributed by atoms with E-state index in [1.165, 1.54) is 6.92 Å². The standard InChI is InChI=1S/C25H36N6O8S/c1-13(32)20(31-23(36)18(12-40)30-21(34)15-8-5-9-27-15)24(37)28-16(11-19(26)33)22(35)29-17(25(38)39)10-14-6-3-2-4-7-14/h2-4,6-7,13,15-18,20,27,32,40H,5,8-12H2,1H3,(H2,26,33)(H,28,37)(H,29,35)(H,30,34)(H,31,36)(H,38,39)/t13-,15+,16+,17+,18+,20+/m1/s1. The molecule has 2 rings (SSSR count). The highest BCUT2D eigenvalue weighted by molar-refractivity contribution is 7.80. The van der Waals surface area contributed by atoms with Crippen LogP contribution in [0.25, 0.3) is 0 Å². The van der Waals surface area contributed by atoms with Gasteiger partial charge in [0.2, 0.25) is 29.5 Å². The van der Waals surface area contributed by atoms with Gasteiger partial charge in [0.1, 0.15) is 24.2 Å². The first-order valence-corrected chi connectivity index (χ1v) is 13.3. The maximum atomic E-state index is 13.0. The van der Waals surface area contributed by atoms with Crippen molar-refractivity contribution in [2.24, 2.45) is 5.73 Å². The summed E-state index contributed by atoms with van der Waals surface area (Å²) in [5, 5.41) is 32.2. The molecule has 0 saturated carbocycles. The topological polar surface area (TPSA) is 229 Å². The van der Waals surface area contributed by atoms with E-state index < -0.39 is 78.2 Å². The Morgan fingerprint density at radius 3 is 2.12 bits per heavy atom. The molecule has 0 spiro atoms. The molecule has 1 fully saturated rings. The summed E-state index contributed by atoms with van der Waals surface area (Å²) in [5.41, 5.74) is 5.86. The second-order valence-corrected chi connectivity index (χ2v) is 9.81. The second-order valence-electron chi connectivity index (χ2n) is 9.44. The number of carbonyl (C=O) groups is 6. The fourth-order valence-corrected chi connectivity index (χ4v) is 4.29. The van der Waals surface area contributed by atoms with Crippen LogP contribution >= 0.6 is 12.6 Å². The Balaban J connectivity index is 2.10. The van der Waals surface area contributed by atoms with Crippen LogP contribution in [0.2, 0.25) is 0 Å². The first kappa shape index (κ1) is 32.5. The summed E-state index contributed by atoms with van der Waals surface area (Å²) in [7, 11) is 0. The number of hydrogen-bond acceptors (Lipinski definition) is 9. The van der Waals surface area contributed by atoms with Gasteiger partial charge in [-0.25, -0.2) is 4.79 Å². The zero-order valence-electron chi connectivity index (χ0n) is 22.0. The number of aliphatic hydroxyl groups is 1. The average molecular weight is 581 g/mol. The molecule has 1 heterocycles. The lowest BCUT2D eigenvalue weighted by Gasteiger charge is -2.27. The van der Waals surface area contributed by atoms with Crippen LogP contribution in [0.5, 0.6) is 0 Å². The van der Waals surface area contributed by atoms with Crippen molar-refractivity contribution in [2.75, 3.05) is 12.3 Å². The van der Waals surface area contributed by atoms with E-state index in [1.807, 2.05) is 0 Å². The number of hydrogen-bond donors (Lipinski definition) is 9. The first-order chi connectivity index (χ1) is 18.9. The Kier molecular flexibility index (Phi) is 12.8. The number of benzene rings is 1. The Morgan fingerprint density at radius 2 is 1.60 bits per heavy atom. The molecule has 0 bridgehead atoms. The molecule has 0 aliphatic carbocycles. The molecule has 15 heteroatoms. The molecule has 0 unspecified atom stereocenters. The Bertz CT molecular complexity index is 1070. The number of amides is 5. The normalized spacial score (nSPS) is 18.3. The van der Waals surface area contributed by atoms with Gasteiger partial charge in [0, 0.05) is 12.2 Å². The summed E-state index contributed by atoms with van der Waals surface area (Å²) in [6.45, 7) is 1.88. The molecular formula is C25H36N6O8S. The SMILES string of the molecule is C[C@@H](O)[C@H](NC(=O)[C@H](CS)NC(=O)[C@@H]1CCCN1)C(=O)N[C@@H](CC(N)=O)C(=O)N[C@@H](Cc1ccccc1)C(=O)O. The largest absolute Gasteiger partial charge is 0.480 e. The minimum absolute atomic E-state index is 0.0707. The number of carboxylic acid groups (broad SMARTS) is 1. The maximum Gasteiger partial charge on any atom is 0.326 e. The van der Waals surface area contributed by atoms with E-state index in [0.717, 1.165) is 6.42 Å². The first-order valence-electron chi connectivity index (χ1n) is 12.7. The highest BCUT2D eigenvalue weighted by atomic mass is 32.1. The minimum Gasteiger partial charge on any atom is -0.480 e. The number of carboxylic acids is 1. The summed E-state index contributed by atoms with van der Waals surface area (Å²) in [5.74, 6) is -5.69. The fraction of sp³-hybridized carbons (Fsp3) is 0.520. The van der Waals surface area contributed by atoms with Crippen LogP contribution in [0.3, 0.4) is 0 Å². The number of carbonyl (C=O) groups excluding carboxylic acids is 5. The van der Waals surface area contributed by atoms with E-state index in [0.29, 0.717) is 18.5 Å². The van der Waals surface area contributed by atoms with E-state index in [9.17, 15) is 39.0 Å². The van der Waals surface area contributed by atoms with Crippen molar-refractivity contribution in [1.29, 1.82) is 0 Å². The molecule has 1 aliphatic heterocycles. The molecule has 0 radical (unpaired) electrons. The van der Waals surface area contributed by atoms with Gasteiger partial charge in [0.25, 0.3) is 0 Å². The van der Waals surface area contributed by atoms with Gasteiger partial charge in [-0.15, -0.1) is 0 Å². The molecule has 1 saturated heterocycles. The maximum absolute atomic E-state index is 13.0. The summed E-state index contributed by atoms with van der Waals surface area (Å²) in [4.78, 5) is 74.6. The van der Waals surface area contributed by atoms with Crippen LogP contribution in [0.4, 0.5) is 0 Å². The zero-order chi connectivity index (χ0) is 29.8. The van der Waals surface area contributed by atoms with Crippen LogP contribution in [-0.4, -0.2) is 94.3 Å². The molecule has 1 aromatic carbocycles. The molecular weight excluding hydrogens is 544 g/mol. The predicted molar refractivity (Wildman–Crippen MR) is 146 cm³/mol. The van der Waals surface area contributed by atoms with Gasteiger partial charge >= 0.3 is 5.97 Å². The molecule has 40 heavy (non-hydrogen) atoms. The van der Waals surface area contributed by atoms with E-state index >= 15 is 0 Å². The van der Waals surface area contributed by atoms with Crippen molar-refractivity contribution in [3.8, 4) is 0 Å².